The largest absolute Gasteiger partial charge is 0.391 e. The van der Waals surface area contributed by atoms with E-state index in [1.54, 1.807) is 29.2 Å². The van der Waals surface area contributed by atoms with Crippen molar-refractivity contribution in [1.82, 2.24) is 10.2 Å². The number of nitrogens with zero attached hydrogens (tertiary/aromatic N) is 1. The molecule has 31 heavy (non-hydrogen) atoms. The van der Waals surface area contributed by atoms with Crippen LogP contribution in [0.5, 0.6) is 0 Å². The Balaban J connectivity index is 1.29. The highest BCUT2D eigenvalue weighted by Crippen LogP contribution is 2.20. The van der Waals surface area contributed by atoms with Crippen LogP contribution in [0.3, 0.4) is 0 Å². The molecule has 3 atom stereocenters. The zero-order valence-corrected chi connectivity index (χ0v) is 17.7. The second kappa shape index (κ2) is 9.73. The zero-order valence-electron chi connectivity index (χ0n) is 17.7. The number of aliphatic hydroxyl groups is 2. The first-order valence-corrected chi connectivity index (χ1v) is 11.1. The van der Waals surface area contributed by atoms with E-state index < -0.39 is 12.2 Å². The number of Topliss-reactive ketones (excluding diaryl/α,β-unsaturated/α-hetero) is 1. The van der Waals surface area contributed by atoms with E-state index in [4.69, 9.17) is 0 Å². The van der Waals surface area contributed by atoms with Crippen molar-refractivity contribution in [3.63, 3.8) is 0 Å². The van der Waals surface area contributed by atoms with Gasteiger partial charge >= 0.3 is 0 Å². The molecule has 2 aromatic rings. The van der Waals surface area contributed by atoms with E-state index in [9.17, 15) is 19.8 Å². The fraction of sp³-hybridized carbons (Fsp3) is 0.440. The van der Waals surface area contributed by atoms with Crippen LogP contribution in [0.2, 0.25) is 0 Å². The summed E-state index contributed by atoms with van der Waals surface area (Å²) in [6, 6.07) is 14.9. The SMILES string of the molecule is O=C(CC[C@@H](O)[C@@H]1Cc2ccccc2CN1)c1ccc(C(=O)N2CCCC(O)C2)cc1. The third-order valence-electron chi connectivity index (χ3n) is 6.38. The van der Waals surface area contributed by atoms with E-state index in [1.165, 1.54) is 11.1 Å². The maximum absolute atomic E-state index is 12.6. The van der Waals surface area contributed by atoms with Crippen LogP contribution >= 0.6 is 0 Å². The van der Waals surface area contributed by atoms with Crippen LogP contribution in [0.4, 0.5) is 0 Å². The molecule has 0 bridgehead atoms. The van der Waals surface area contributed by atoms with E-state index in [1.807, 2.05) is 12.1 Å². The molecule has 164 valence electrons. The highest BCUT2D eigenvalue weighted by Gasteiger charge is 2.25. The van der Waals surface area contributed by atoms with E-state index >= 15 is 0 Å². The summed E-state index contributed by atoms with van der Waals surface area (Å²) in [4.78, 5) is 26.9. The first kappa shape index (κ1) is 21.7. The molecule has 1 saturated heterocycles. The van der Waals surface area contributed by atoms with E-state index in [-0.39, 0.29) is 24.2 Å². The lowest BCUT2D eigenvalue weighted by molar-refractivity contribution is 0.0473. The minimum absolute atomic E-state index is 0.0392. The third kappa shape index (κ3) is 5.21. The summed E-state index contributed by atoms with van der Waals surface area (Å²) in [5.41, 5.74) is 3.58. The molecule has 3 N–H and O–H groups in total. The quantitative estimate of drug-likeness (QED) is 0.622. The van der Waals surface area contributed by atoms with Gasteiger partial charge in [0.05, 0.1) is 12.2 Å². The number of β-amino-alcohol motifs (C(OH)–C–C–N with tert-alkyl or cyclic N) is 1. The van der Waals surface area contributed by atoms with Crippen molar-refractivity contribution < 1.29 is 19.8 Å². The average Bonchev–Trinajstić information content (AvgIpc) is 2.81. The van der Waals surface area contributed by atoms with Gasteiger partial charge in [-0.1, -0.05) is 36.4 Å². The van der Waals surface area contributed by atoms with Gasteiger partial charge in [-0.05, 0) is 48.9 Å². The van der Waals surface area contributed by atoms with Gasteiger partial charge < -0.3 is 20.4 Å². The Kier molecular flexibility index (Phi) is 6.80. The molecule has 1 unspecified atom stereocenters. The van der Waals surface area contributed by atoms with Crippen molar-refractivity contribution in [1.29, 1.82) is 0 Å². The molecule has 6 nitrogen and oxygen atoms in total. The number of aliphatic hydroxyl groups excluding tert-OH is 2. The third-order valence-corrected chi connectivity index (χ3v) is 6.38. The Hall–Kier alpha value is -2.54. The molecular weight excluding hydrogens is 392 g/mol. The first-order valence-electron chi connectivity index (χ1n) is 11.1. The van der Waals surface area contributed by atoms with Gasteiger partial charge in [-0.2, -0.15) is 0 Å². The molecule has 2 heterocycles. The molecule has 0 saturated carbocycles. The van der Waals surface area contributed by atoms with Crippen LogP contribution in [-0.2, 0) is 13.0 Å². The Morgan fingerprint density at radius 1 is 1.06 bits per heavy atom. The summed E-state index contributed by atoms with van der Waals surface area (Å²) in [6.45, 7) is 1.74. The summed E-state index contributed by atoms with van der Waals surface area (Å²) < 4.78 is 0. The van der Waals surface area contributed by atoms with Gasteiger partial charge in [0.15, 0.2) is 5.78 Å². The van der Waals surface area contributed by atoms with Crippen LogP contribution in [-0.4, -0.2) is 58.1 Å². The van der Waals surface area contributed by atoms with Crippen molar-refractivity contribution in [2.45, 2.75) is 56.9 Å². The van der Waals surface area contributed by atoms with Gasteiger partial charge in [0, 0.05) is 43.2 Å². The fourth-order valence-corrected chi connectivity index (χ4v) is 4.50. The smallest absolute Gasteiger partial charge is 0.253 e. The molecule has 0 spiro atoms. The lowest BCUT2D eigenvalue weighted by Crippen LogP contribution is -2.44. The topological polar surface area (TPSA) is 89.9 Å². The Bertz CT molecular complexity index is 927. The number of ketones is 1. The van der Waals surface area contributed by atoms with Crippen molar-refractivity contribution >= 4 is 11.7 Å². The predicted octanol–water partition coefficient (Wildman–Crippen LogP) is 2.32. The number of fused-ring (bicyclic) bond motifs is 1. The number of hydrogen-bond acceptors (Lipinski definition) is 5. The standard InChI is InChI=1S/C25H30N2O4/c28-21-6-3-13-27(16-21)25(31)18-9-7-17(8-10-18)23(29)11-12-24(30)22-14-19-4-1-2-5-20(19)15-26-22/h1-2,4-5,7-10,21-22,24,26,28,30H,3,6,11-16H2/t21?,22-,24+/m0/s1. The lowest BCUT2D eigenvalue weighted by atomic mass is 9.90. The number of likely N-dealkylation sites (tertiary alicyclic amines) is 1. The van der Waals surface area contributed by atoms with E-state index in [0.29, 0.717) is 30.6 Å². The highest BCUT2D eigenvalue weighted by molar-refractivity contribution is 5.98. The van der Waals surface area contributed by atoms with Gasteiger partial charge in [0.25, 0.3) is 5.91 Å². The molecule has 6 heteroatoms. The number of rotatable bonds is 6. The van der Waals surface area contributed by atoms with Gasteiger partial charge in [0.2, 0.25) is 0 Å². The fourth-order valence-electron chi connectivity index (χ4n) is 4.50. The second-order valence-corrected chi connectivity index (χ2v) is 8.61. The van der Waals surface area contributed by atoms with E-state index in [0.717, 1.165) is 25.8 Å². The maximum atomic E-state index is 12.6. The van der Waals surface area contributed by atoms with Crippen LogP contribution in [0.25, 0.3) is 0 Å². The van der Waals surface area contributed by atoms with Gasteiger partial charge in [-0.3, -0.25) is 9.59 Å². The second-order valence-electron chi connectivity index (χ2n) is 8.61. The number of carbonyl (C=O) groups excluding carboxylic acids is 2. The molecule has 2 aliphatic heterocycles. The highest BCUT2D eigenvalue weighted by atomic mass is 16.3. The number of hydrogen-bond donors (Lipinski definition) is 3. The van der Waals surface area contributed by atoms with Crippen LogP contribution in [0.1, 0.15) is 57.5 Å². The van der Waals surface area contributed by atoms with E-state index in [2.05, 4.69) is 17.4 Å². The number of carbonyl (C=O) groups is 2. The molecule has 0 aromatic heterocycles. The first-order chi connectivity index (χ1) is 15.0. The Morgan fingerprint density at radius 3 is 2.52 bits per heavy atom. The zero-order chi connectivity index (χ0) is 21.8. The Labute approximate surface area is 182 Å². The minimum atomic E-state index is -0.594. The number of piperidine rings is 1. The summed E-state index contributed by atoms with van der Waals surface area (Å²) in [5.74, 6) is -0.153. The number of benzene rings is 2. The van der Waals surface area contributed by atoms with Crippen molar-refractivity contribution in [3.05, 3.63) is 70.8 Å². The van der Waals surface area contributed by atoms with Crippen molar-refractivity contribution in [2.24, 2.45) is 0 Å². The van der Waals surface area contributed by atoms with Gasteiger partial charge in [-0.25, -0.2) is 0 Å². The molecule has 4 rings (SSSR count). The molecule has 0 aliphatic carbocycles. The summed E-state index contributed by atoms with van der Waals surface area (Å²) >= 11 is 0. The van der Waals surface area contributed by atoms with Crippen molar-refractivity contribution in [2.75, 3.05) is 13.1 Å². The van der Waals surface area contributed by atoms with Crippen LogP contribution in [0.15, 0.2) is 48.5 Å². The van der Waals surface area contributed by atoms with Gasteiger partial charge in [-0.15, -0.1) is 0 Å². The molecule has 0 radical (unpaired) electrons. The number of amides is 1. The predicted molar refractivity (Wildman–Crippen MR) is 118 cm³/mol. The summed E-state index contributed by atoms with van der Waals surface area (Å²) in [5, 5.41) is 23.7. The molecular formula is C25H30N2O4. The molecule has 1 amide bonds. The molecule has 1 fully saturated rings. The van der Waals surface area contributed by atoms with Crippen molar-refractivity contribution in [3.8, 4) is 0 Å². The normalized spacial score (nSPS) is 21.9. The van der Waals surface area contributed by atoms with Gasteiger partial charge in [0.1, 0.15) is 0 Å². The molecule has 2 aromatic carbocycles. The minimum Gasteiger partial charge on any atom is -0.391 e. The van der Waals surface area contributed by atoms with Crippen LogP contribution in [0, 0.1) is 0 Å². The molecule has 2 aliphatic rings. The number of nitrogens with one attached hydrogen (secondary N) is 1. The Morgan fingerprint density at radius 2 is 1.77 bits per heavy atom. The summed E-state index contributed by atoms with van der Waals surface area (Å²) in [7, 11) is 0. The van der Waals surface area contributed by atoms with Crippen LogP contribution < -0.4 is 5.32 Å². The lowest BCUT2D eigenvalue weighted by Gasteiger charge is -2.30. The average molecular weight is 423 g/mol. The monoisotopic (exact) mass is 422 g/mol. The maximum Gasteiger partial charge on any atom is 0.253 e. The summed E-state index contributed by atoms with van der Waals surface area (Å²) in [6.07, 6.45) is 1.88.